The van der Waals surface area contributed by atoms with Crippen LogP contribution in [0.4, 0.5) is 0 Å². The Bertz CT molecular complexity index is 3410. The van der Waals surface area contributed by atoms with Gasteiger partial charge in [0.2, 0.25) is 0 Å². The van der Waals surface area contributed by atoms with Gasteiger partial charge in [0, 0.05) is 60.7 Å². The Labute approximate surface area is 297 Å². The van der Waals surface area contributed by atoms with E-state index in [0.29, 0.717) is 11.5 Å². The normalized spacial score (nSPS) is 12.2. The van der Waals surface area contributed by atoms with Gasteiger partial charge in [-0.15, -0.1) is 0 Å². The van der Waals surface area contributed by atoms with Gasteiger partial charge >= 0.3 is 0 Å². The van der Waals surface area contributed by atoms with E-state index < -0.39 is 0 Å². The standard InChI is InChI=1S/C47H27N5/c1-2-12-28(13-3-1)44-37-22-11-25-48-47(37)50-46(49-44)29-14-8-15-30(26-29)51-39-24-7-5-17-35(39)43-36-21-9-18-32-34-20-10-19-33-31-16-4-6-23-38(31)52(45(33)34)41(42(32)36)27-40(43)51/h1-27H. The molecule has 0 aliphatic rings. The first-order valence-corrected chi connectivity index (χ1v) is 17.6. The first-order chi connectivity index (χ1) is 25.8. The van der Waals surface area contributed by atoms with Gasteiger partial charge in [-0.25, -0.2) is 15.0 Å². The first-order valence-electron chi connectivity index (χ1n) is 17.6. The molecule has 0 unspecified atom stereocenters. The Kier molecular flexibility index (Phi) is 5.44. The lowest BCUT2D eigenvalue weighted by Gasteiger charge is -2.15. The SMILES string of the molecule is c1ccc(-c2nc(-c3cccc(-n4c5ccccc5c5c6cccc7c8cccc9c%10ccccc%10n(c(cc54)c76)c89)c3)nc3ncccc23)cc1. The molecular formula is C47H27N5. The van der Waals surface area contributed by atoms with Crippen molar-refractivity contribution in [3.8, 4) is 28.3 Å². The minimum Gasteiger partial charge on any atom is -0.309 e. The maximum absolute atomic E-state index is 5.18. The molecule has 7 aromatic carbocycles. The number of hydrogen-bond acceptors (Lipinski definition) is 3. The smallest absolute Gasteiger partial charge is 0.163 e. The van der Waals surface area contributed by atoms with Gasteiger partial charge in [0.05, 0.1) is 33.3 Å². The van der Waals surface area contributed by atoms with Gasteiger partial charge in [-0.3, -0.25) is 0 Å². The Morgan fingerprint density at radius 2 is 1.06 bits per heavy atom. The lowest BCUT2D eigenvalue weighted by Crippen LogP contribution is -1.99. The fourth-order valence-corrected chi connectivity index (χ4v) is 8.77. The molecule has 0 N–H and O–H groups in total. The second-order valence-electron chi connectivity index (χ2n) is 13.6. The third kappa shape index (κ3) is 3.64. The van der Waals surface area contributed by atoms with Gasteiger partial charge in [-0.2, -0.15) is 0 Å². The van der Waals surface area contributed by atoms with Crippen molar-refractivity contribution in [1.29, 1.82) is 0 Å². The Morgan fingerprint density at radius 1 is 0.404 bits per heavy atom. The molecule has 0 fully saturated rings. The number of hydrogen-bond donors (Lipinski definition) is 0. The van der Waals surface area contributed by atoms with Crippen LogP contribution in [0, 0.1) is 0 Å². The van der Waals surface area contributed by atoms with E-state index in [1.165, 1.54) is 59.6 Å². The van der Waals surface area contributed by atoms with Crippen molar-refractivity contribution >= 4 is 81.7 Å². The van der Waals surface area contributed by atoms with Crippen molar-refractivity contribution in [3.63, 3.8) is 0 Å². The minimum atomic E-state index is 0.649. The highest BCUT2D eigenvalue weighted by Gasteiger charge is 2.22. The third-order valence-corrected chi connectivity index (χ3v) is 10.9. The molecule has 5 nitrogen and oxygen atoms in total. The van der Waals surface area contributed by atoms with Crippen LogP contribution in [0.2, 0.25) is 0 Å². The number of benzene rings is 7. The molecule has 0 atom stereocenters. The van der Waals surface area contributed by atoms with Crippen LogP contribution in [0.5, 0.6) is 0 Å². The summed E-state index contributed by atoms with van der Waals surface area (Å²) < 4.78 is 4.91. The molecule has 12 rings (SSSR count). The van der Waals surface area contributed by atoms with Gasteiger partial charge in [0.15, 0.2) is 11.5 Å². The summed E-state index contributed by atoms with van der Waals surface area (Å²) in [5.74, 6) is 0.649. The summed E-state index contributed by atoms with van der Waals surface area (Å²) in [6.07, 6.45) is 1.80. The van der Waals surface area contributed by atoms with Crippen molar-refractivity contribution in [2.24, 2.45) is 0 Å². The molecule has 52 heavy (non-hydrogen) atoms. The van der Waals surface area contributed by atoms with E-state index in [-0.39, 0.29) is 0 Å². The number of para-hydroxylation sites is 3. The lowest BCUT2D eigenvalue weighted by molar-refractivity contribution is 1.16. The van der Waals surface area contributed by atoms with Crippen LogP contribution in [0.25, 0.3) is 110 Å². The highest BCUT2D eigenvalue weighted by atomic mass is 15.0. The van der Waals surface area contributed by atoms with Crippen LogP contribution < -0.4 is 0 Å². The third-order valence-electron chi connectivity index (χ3n) is 10.9. The van der Waals surface area contributed by atoms with Crippen molar-refractivity contribution in [2.45, 2.75) is 0 Å². The summed E-state index contributed by atoms with van der Waals surface area (Å²) in [5.41, 5.74) is 10.6. The Morgan fingerprint density at radius 3 is 1.94 bits per heavy atom. The number of fused-ring (bicyclic) bond motifs is 10. The molecule has 5 heteroatoms. The zero-order valence-corrected chi connectivity index (χ0v) is 27.8. The quantitative estimate of drug-likeness (QED) is 0.140. The molecule has 0 saturated heterocycles. The molecule has 12 aromatic rings. The molecule has 0 bridgehead atoms. The maximum atomic E-state index is 5.18. The van der Waals surface area contributed by atoms with Gasteiger partial charge < -0.3 is 8.97 Å². The molecule has 0 spiro atoms. The van der Waals surface area contributed by atoms with E-state index in [1.807, 2.05) is 30.3 Å². The van der Waals surface area contributed by atoms with E-state index in [0.717, 1.165) is 38.9 Å². The predicted molar refractivity (Wildman–Crippen MR) is 215 cm³/mol. The van der Waals surface area contributed by atoms with Gasteiger partial charge in [-0.05, 0) is 53.2 Å². The number of rotatable bonds is 3. The highest BCUT2D eigenvalue weighted by Crippen LogP contribution is 2.45. The maximum Gasteiger partial charge on any atom is 0.163 e. The number of nitrogens with zero attached hydrogens (tertiary/aromatic N) is 5. The average Bonchev–Trinajstić information content (AvgIpc) is 3.73. The summed E-state index contributed by atoms with van der Waals surface area (Å²) >= 11 is 0. The van der Waals surface area contributed by atoms with Gasteiger partial charge in [0.25, 0.3) is 0 Å². The van der Waals surface area contributed by atoms with Crippen LogP contribution >= 0.6 is 0 Å². The highest BCUT2D eigenvalue weighted by molar-refractivity contribution is 6.33. The molecule has 0 aliphatic heterocycles. The summed E-state index contributed by atoms with van der Waals surface area (Å²) in [7, 11) is 0. The fourth-order valence-electron chi connectivity index (χ4n) is 8.77. The topological polar surface area (TPSA) is 48.0 Å². The fraction of sp³-hybridized carbons (Fsp3) is 0. The van der Waals surface area contributed by atoms with Gasteiger partial charge in [-0.1, -0.05) is 115 Å². The molecule has 5 aromatic heterocycles. The second kappa shape index (κ2) is 10.2. The predicted octanol–water partition coefficient (Wildman–Crippen LogP) is 11.8. The number of aromatic nitrogens is 5. The average molecular weight is 662 g/mol. The summed E-state index contributed by atoms with van der Waals surface area (Å²) in [6.45, 7) is 0. The summed E-state index contributed by atoms with van der Waals surface area (Å²) in [5, 5.41) is 11.1. The molecule has 0 aliphatic carbocycles. The Balaban J connectivity index is 1.19. The molecule has 5 heterocycles. The van der Waals surface area contributed by atoms with Crippen LogP contribution in [0.15, 0.2) is 164 Å². The lowest BCUT2D eigenvalue weighted by atomic mass is 9.96. The largest absolute Gasteiger partial charge is 0.309 e. The van der Waals surface area contributed by atoms with Crippen LogP contribution in [-0.4, -0.2) is 23.9 Å². The van der Waals surface area contributed by atoms with Crippen LogP contribution in [0.3, 0.4) is 0 Å². The van der Waals surface area contributed by atoms with Crippen molar-refractivity contribution < 1.29 is 0 Å². The van der Waals surface area contributed by atoms with Crippen molar-refractivity contribution in [3.05, 3.63) is 164 Å². The van der Waals surface area contributed by atoms with E-state index >= 15 is 0 Å². The molecule has 0 amide bonds. The van der Waals surface area contributed by atoms with Crippen molar-refractivity contribution in [1.82, 2.24) is 23.9 Å². The zero-order valence-electron chi connectivity index (χ0n) is 27.8. The number of pyridine rings is 2. The molecular weight excluding hydrogens is 635 g/mol. The molecule has 0 radical (unpaired) electrons. The monoisotopic (exact) mass is 661 g/mol. The first kappa shape index (κ1) is 27.7. The molecule has 0 saturated carbocycles. The van der Waals surface area contributed by atoms with E-state index in [4.69, 9.17) is 9.97 Å². The summed E-state index contributed by atoms with van der Waals surface area (Å²) in [4.78, 5) is 14.8. The van der Waals surface area contributed by atoms with Crippen LogP contribution in [-0.2, 0) is 0 Å². The van der Waals surface area contributed by atoms with Gasteiger partial charge in [0.1, 0.15) is 0 Å². The minimum absolute atomic E-state index is 0.649. The zero-order chi connectivity index (χ0) is 33.9. The van der Waals surface area contributed by atoms with E-state index in [2.05, 4.69) is 141 Å². The Hall–Kier alpha value is -7.11. The summed E-state index contributed by atoms with van der Waals surface area (Å²) in [6, 6.07) is 56.5. The van der Waals surface area contributed by atoms with Crippen LogP contribution in [0.1, 0.15) is 0 Å². The second-order valence-corrected chi connectivity index (χ2v) is 13.6. The van der Waals surface area contributed by atoms with E-state index in [1.54, 1.807) is 6.20 Å². The van der Waals surface area contributed by atoms with E-state index in [9.17, 15) is 0 Å². The molecule has 240 valence electrons. The van der Waals surface area contributed by atoms with Crippen molar-refractivity contribution in [2.75, 3.05) is 0 Å².